The molecule has 0 amide bonds. The van der Waals surface area contributed by atoms with Crippen LogP contribution in [0, 0.1) is 23.2 Å². The Hall–Kier alpha value is -1.03. The van der Waals surface area contributed by atoms with Crippen LogP contribution in [0.4, 0.5) is 0 Å². The van der Waals surface area contributed by atoms with E-state index in [1.54, 1.807) is 0 Å². The van der Waals surface area contributed by atoms with Crippen LogP contribution < -0.4 is 4.90 Å². The smallest absolute Gasteiger partial charge is 0.315 e. The number of carbonyl (C=O) groups excluding carboxylic acids is 1. The lowest BCUT2D eigenvalue weighted by Gasteiger charge is -2.50. The van der Waals surface area contributed by atoms with Gasteiger partial charge in [-0.3, -0.25) is 4.79 Å². The number of fused-ring (bicyclic) bond motifs is 2. The highest BCUT2D eigenvalue weighted by molar-refractivity contribution is 5.75. The molecule has 3 fully saturated rings. The van der Waals surface area contributed by atoms with Crippen LogP contribution in [0.3, 0.4) is 0 Å². The second kappa shape index (κ2) is 9.22. The number of aliphatic hydroxyl groups is 5. The Labute approximate surface area is 178 Å². The van der Waals surface area contributed by atoms with Crippen molar-refractivity contribution in [2.75, 3.05) is 26.7 Å². The number of carbonyl (C=O) groups is 1. The first-order valence-electron chi connectivity index (χ1n) is 11.1. The molecule has 172 valence electrons. The van der Waals surface area contributed by atoms with Gasteiger partial charge in [0.05, 0.1) is 20.2 Å². The Kier molecular flexibility index (Phi) is 7.26. The number of likely N-dealkylation sites (N-methyl/N-ethyl adjacent to an activating group) is 1. The van der Waals surface area contributed by atoms with Gasteiger partial charge in [0.2, 0.25) is 0 Å². The van der Waals surface area contributed by atoms with Crippen LogP contribution in [0.15, 0.2) is 12.2 Å². The molecule has 1 heterocycles. The molecule has 0 aromatic heterocycles. The maximum Gasteiger partial charge on any atom is 0.315 e. The molecule has 0 spiro atoms. The highest BCUT2D eigenvalue weighted by atomic mass is 16.6. The summed E-state index contributed by atoms with van der Waals surface area (Å²) < 4.78 is 5.77. The second-order valence-electron chi connectivity index (χ2n) is 10.1. The molecule has 3 aliphatic rings. The first-order valence-corrected chi connectivity index (χ1v) is 11.1. The van der Waals surface area contributed by atoms with Gasteiger partial charge in [-0.15, -0.1) is 0 Å². The molecule has 8 nitrogen and oxygen atoms in total. The van der Waals surface area contributed by atoms with Crippen molar-refractivity contribution in [1.29, 1.82) is 0 Å². The molecule has 1 aliphatic heterocycles. The lowest BCUT2D eigenvalue weighted by atomic mass is 9.55. The van der Waals surface area contributed by atoms with Gasteiger partial charge in [-0.25, -0.2) is 0 Å². The Morgan fingerprint density at radius 1 is 1.23 bits per heavy atom. The maximum atomic E-state index is 12.7. The van der Waals surface area contributed by atoms with Gasteiger partial charge in [0, 0.05) is 5.92 Å². The number of ether oxygens (including phenoxy) is 1. The Bertz CT molecular complexity index is 643. The third-order valence-corrected chi connectivity index (χ3v) is 7.77. The zero-order valence-corrected chi connectivity index (χ0v) is 18.0. The van der Waals surface area contributed by atoms with E-state index in [1.165, 1.54) is 5.57 Å². The molecule has 0 aromatic carbocycles. The molecule has 2 aliphatic carbocycles. The number of esters is 1. The molecule has 0 bridgehead atoms. The average molecular weight is 429 g/mol. The topological polar surface area (TPSA) is 132 Å². The van der Waals surface area contributed by atoms with Gasteiger partial charge >= 0.3 is 5.97 Å². The fourth-order valence-corrected chi connectivity index (χ4v) is 5.99. The third-order valence-electron chi connectivity index (χ3n) is 7.77. The van der Waals surface area contributed by atoms with E-state index in [0.29, 0.717) is 12.5 Å². The molecule has 10 atom stereocenters. The minimum atomic E-state index is -1.65. The van der Waals surface area contributed by atoms with Crippen LogP contribution in [-0.4, -0.2) is 88.8 Å². The van der Waals surface area contributed by atoms with Gasteiger partial charge in [0.1, 0.15) is 43.0 Å². The van der Waals surface area contributed by atoms with Crippen molar-refractivity contribution < 1.29 is 40.0 Å². The number of quaternary nitrogens is 1. The van der Waals surface area contributed by atoms with E-state index in [4.69, 9.17) is 9.84 Å². The molecule has 3 rings (SSSR count). The van der Waals surface area contributed by atoms with Crippen molar-refractivity contribution in [1.82, 2.24) is 0 Å². The summed E-state index contributed by atoms with van der Waals surface area (Å²) in [5.74, 6) is 0.0751. The zero-order chi connectivity index (χ0) is 22.2. The SMILES string of the molecule is C=C1CCC[C@]2(C)C[C@H]3OC(=O)[C@H](C[NH+](C)C[C@H](O)[C@H](O)[C@H](O)[C@H](O)CO)[C@H]3C[C@@H]12. The van der Waals surface area contributed by atoms with Crippen molar-refractivity contribution in [3.8, 4) is 0 Å². The Balaban J connectivity index is 1.61. The highest BCUT2D eigenvalue weighted by Gasteiger charge is 2.55. The lowest BCUT2D eigenvalue weighted by molar-refractivity contribution is -0.886. The molecule has 1 unspecified atom stereocenters. The highest BCUT2D eigenvalue weighted by Crippen LogP contribution is 2.56. The maximum absolute atomic E-state index is 12.7. The summed E-state index contributed by atoms with van der Waals surface area (Å²) in [5.41, 5.74) is 1.44. The van der Waals surface area contributed by atoms with Crippen molar-refractivity contribution in [2.45, 2.75) is 69.5 Å². The van der Waals surface area contributed by atoms with Crippen LogP contribution in [0.2, 0.25) is 0 Å². The fourth-order valence-electron chi connectivity index (χ4n) is 5.99. The van der Waals surface area contributed by atoms with Gasteiger partial charge in [-0.2, -0.15) is 0 Å². The van der Waals surface area contributed by atoms with Gasteiger partial charge in [0.15, 0.2) is 0 Å². The predicted molar refractivity (Wildman–Crippen MR) is 108 cm³/mol. The fraction of sp³-hybridized carbons (Fsp3) is 0.864. The van der Waals surface area contributed by atoms with E-state index in [0.717, 1.165) is 37.0 Å². The van der Waals surface area contributed by atoms with Crippen LogP contribution in [0.1, 0.15) is 39.0 Å². The van der Waals surface area contributed by atoms with E-state index >= 15 is 0 Å². The average Bonchev–Trinajstić information content (AvgIpc) is 2.98. The van der Waals surface area contributed by atoms with Crippen LogP contribution in [-0.2, 0) is 9.53 Å². The van der Waals surface area contributed by atoms with E-state index in [9.17, 15) is 25.2 Å². The molecule has 2 saturated carbocycles. The largest absolute Gasteiger partial charge is 0.462 e. The van der Waals surface area contributed by atoms with Gasteiger partial charge in [-0.05, 0) is 43.4 Å². The predicted octanol–water partition coefficient (Wildman–Crippen LogP) is -1.75. The summed E-state index contributed by atoms with van der Waals surface area (Å²) >= 11 is 0. The van der Waals surface area contributed by atoms with E-state index in [2.05, 4.69) is 13.5 Å². The molecule has 0 aromatic rings. The van der Waals surface area contributed by atoms with Crippen LogP contribution in [0.5, 0.6) is 0 Å². The summed E-state index contributed by atoms with van der Waals surface area (Å²) in [6.07, 6.45) is -1.04. The van der Waals surface area contributed by atoms with Gasteiger partial charge in [-0.1, -0.05) is 19.1 Å². The molecule has 1 saturated heterocycles. The number of aliphatic hydroxyl groups excluding tert-OH is 5. The molecule has 0 radical (unpaired) electrons. The molecule has 30 heavy (non-hydrogen) atoms. The number of nitrogens with one attached hydrogen (secondary N) is 1. The Morgan fingerprint density at radius 2 is 1.90 bits per heavy atom. The Morgan fingerprint density at radius 3 is 2.57 bits per heavy atom. The number of allylic oxidation sites excluding steroid dienone is 1. The van der Waals surface area contributed by atoms with Crippen molar-refractivity contribution in [3.05, 3.63) is 12.2 Å². The third kappa shape index (κ3) is 4.59. The molecular weight excluding hydrogens is 390 g/mol. The lowest BCUT2D eigenvalue weighted by Crippen LogP contribution is -3.11. The van der Waals surface area contributed by atoms with Gasteiger partial charge < -0.3 is 35.2 Å². The van der Waals surface area contributed by atoms with E-state index in [1.807, 2.05) is 7.05 Å². The van der Waals surface area contributed by atoms with Crippen LogP contribution in [0.25, 0.3) is 0 Å². The normalized spacial score (nSPS) is 38.8. The van der Waals surface area contributed by atoms with E-state index in [-0.39, 0.29) is 35.9 Å². The summed E-state index contributed by atoms with van der Waals surface area (Å²) in [6, 6.07) is 0. The molecule has 6 N–H and O–H groups in total. The second-order valence-corrected chi connectivity index (χ2v) is 10.1. The number of hydrogen-bond acceptors (Lipinski definition) is 7. The summed E-state index contributed by atoms with van der Waals surface area (Å²) in [7, 11) is 1.82. The van der Waals surface area contributed by atoms with Crippen molar-refractivity contribution in [3.63, 3.8) is 0 Å². The van der Waals surface area contributed by atoms with Crippen LogP contribution >= 0.6 is 0 Å². The summed E-state index contributed by atoms with van der Waals surface area (Å²) in [5, 5.41) is 48.4. The monoisotopic (exact) mass is 428 g/mol. The first-order chi connectivity index (χ1) is 14.1. The number of hydrogen-bond donors (Lipinski definition) is 6. The van der Waals surface area contributed by atoms with Gasteiger partial charge in [0.25, 0.3) is 0 Å². The minimum absolute atomic E-state index is 0.0699. The first kappa shape index (κ1) is 23.6. The summed E-state index contributed by atoms with van der Waals surface area (Å²) in [6.45, 7) is 6.43. The zero-order valence-electron chi connectivity index (χ0n) is 18.0. The number of rotatable bonds is 8. The molecule has 8 heteroatoms. The minimum Gasteiger partial charge on any atom is -0.462 e. The van der Waals surface area contributed by atoms with Crippen molar-refractivity contribution in [2.24, 2.45) is 23.2 Å². The molecular formula is C22H38NO7+. The summed E-state index contributed by atoms with van der Waals surface area (Å²) in [4.78, 5) is 13.5. The van der Waals surface area contributed by atoms with E-state index < -0.39 is 31.0 Å². The van der Waals surface area contributed by atoms with Crippen molar-refractivity contribution >= 4 is 5.97 Å². The quantitative estimate of drug-likeness (QED) is 0.200. The standard InChI is InChI=1S/C22H37NO7/c1-12-5-4-6-22(2)8-18-13(7-15(12)22)14(21(29)30-18)9-23(3)10-16(25)19(27)20(28)17(26)11-24/h13-20,24-28H,1,4-11H2,2-3H3/p+1/t13-,14-,15+,16+,17-,18-,19+,20-,22-/m1/s1.